The summed E-state index contributed by atoms with van der Waals surface area (Å²) in [7, 11) is 1.40. The normalized spacial score (nSPS) is 11.2. The molecule has 0 saturated heterocycles. The summed E-state index contributed by atoms with van der Waals surface area (Å²) in [5.41, 5.74) is 3.33. The van der Waals surface area contributed by atoms with Gasteiger partial charge in [-0.25, -0.2) is 4.98 Å². The lowest BCUT2D eigenvalue weighted by Crippen LogP contribution is -2.28. The van der Waals surface area contributed by atoms with Gasteiger partial charge < -0.3 is 9.47 Å². The van der Waals surface area contributed by atoms with E-state index in [2.05, 4.69) is 29.2 Å². The van der Waals surface area contributed by atoms with Crippen molar-refractivity contribution in [2.45, 2.75) is 29.4 Å². The van der Waals surface area contributed by atoms with E-state index in [0.717, 1.165) is 22.2 Å². The molecule has 0 spiro atoms. The summed E-state index contributed by atoms with van der Waals surface area (Å²) >= 11 is 2.96. The van der Waals surface area contributed by atoms with Crippen LogP contribution in [0.1, 0.15) is 19.5 Å². The van der Waals surface area contributed by atoms with E-state index < -0.39 is 4.75 Å². The second kappa shape index (κ2) is 9.26. The molecule has 1 heterocycles. The van der Waals surface area contributed by atoms with Gasteiger partial charge in [0.25, 0.3) is 0 Å². The molecule has 0 bridgehead atoms. The number of thiazole rings is 1. The number of hydrogen-bond acceptors (Lipinski definition) is 6. The Balaban J connectivity index is 1.50. The van der Waals surface area contributed by atoms with E-state index in [-0.39, 0.29) is 5.97 Å². The Kier molecular flexibility index (Phi) is 6.75. The standard InChI is InChI=1S/C22H23NO3S2/c1-22(2,20(24)25-3)28-21-23-18(15-27-21)13-14-26-19-11-9-17(10-12-19)16-7-5-4-6-8-16/h4-12,15H,13-14H2,1-3H3. The van der Waals surface area contributed by atoms with Crippen LogP contribution in [0.3, 0.4) is 0 Å². The molecule has 146 valence electrons. The van der Waals surface area contributed by atoms with Crippen molar-refractivity contribution in [3.05, 3.63) is 65.7 Å². The molecule has 0 aliphatic heterocycles. The predicted octanol–water partition coefficient (Wildman–Crippen LogP) is 5.48. The summed E-state index contributed by atoms with van der Waals surface area (Å²) < 4.78 is 10.9. The first-order valence-corrected chi connectivity index (χ1v) is 10.7. The molecule has 0 unspecified atom stereocenters. The molecule has 0 atom stereocenters. The Bertz CT molecular complexity index is 905. The maximum absolute atomic E-state index is 11.8. The van der Waals surface area contributed by atoms with E-state index >= 15 is 0 Å². The zero-order chi connectivity index (χ0) is 20.0. The second-order valence-corrected chi connectivity index (χ2v) is 9.43. The third-order valence-electron chi connectivity index (χ3n) is 4.14. The number of rotatable bonds is 8. The van der Waals surface area contributed by atoms with Crippen molar-refractivity contribution in [1.29, 1.82) is 0 Å². The molecule has 4 nitrogen and oxygen atoms in total. The molecular weight excluding hydrogens is 390 g/mol. The van der Waals surface area contributed by atoms with Gasteiger partial charge >= 0.3 is 5.97 Å². The maximum Gasteiger partial charge on any atom is 0.321 e. The van der Waals surface area contributed by atoms with Gasteiger partial charge in [0.2, 0.25) is 0 Å². The van der Waals surface area contributed by atoms with Crippen molar-refractivity contribution in [3.8, 4) is 16.9 Å². The molecule has 3 rings (SSSR count). The minimum absolute atomic E-state index is 0.253. The Labute approximate surface area is 173 Å². The molecule has 0 aliphatic rings. The third-order valence-corrected chi connectivity index (χ3v) is 6.30. The number of esters is 1. The molecule has 0 fully saturated rings. The van der Waals surface area contributed by atoms with Crippen LogP contribution < -0.4 is 4.74 Å². The highest BCUT2D eigenvalue weighted by Gasteiger charge is 2.31. The Morgan fingerprint density at radius 1 is 1.07 bits per heavy atom. The minimum atomic E-state index is -0.652. The molecular formula is C22H23NO3S2. The van der Waals surface area contributed by atoms with Crippen LogP contribution in [0.2, 0.25) is 0 Å². The van der Waals surface area contributed by atoms with Crippen LogP contribution in [0, 0.1) is 0 Å². The van der Waals surface area contributed by atoms with Gasteiger partial charge in [0, 0.05) is 11.8 Å². The quantitative estimate of drug-likeness (QED) is 0.362. The van der Waals surface area contributed by atoms with E-state index in [0.29, 0.717) is 6.61 Å². The molecule has 0 aliphatic carbocycles. The van der Waals surface area contributed by atoms with Gasteiger partial charge in [-0.3, -0.25) is 4.79 Å². The average molecular weight is 414 g/mol. The lowest BCUT2D eigenvalue weighted by molar-refractivity contribution is -0.142. The van der Waals surface area contributed by atoms with Crippen LogP contribution in [-0.4, -0.2) is 29.4 Å². The second-order valence-electron chi connectivity index (χ2n) is 6.70. The van der Waals surface area contributed by atoms with Gasteiger partial charge in [-0.15, -0.1) is 11.3 Å². The molecule has 0 radical (unpaired) electrons. The summed E-state index contributed by atoms with van der Waals surface area (Å²) in [5.74, 6) is 0.591. The number of methoxy groups -OCH3 is 1. The first kappa shape index (κ1) is 20.4. The number of hydrogen-bond donors (Lipinski definition) is 0. The third kappa shape index (κ3) is 5.36. The molecule has 0 amide bonds. The smallest absolute Gasteiger partial charge is 0.321 e. The fourth-order valence-electron chi connectivity index (χ4n) is 2.60. The molecule has 3 aromatic rings. The molecule has 1 aromatic heterocycles. The maximum atomic E-state index is 11.8. The van der Waals surface area contributed by atoms with Crippen molar-refractivity contribution >= 4 is 29.1 Å². The number of carbonyl (C=O) groups excluding carboxylic acids is 1. The minimum Gasteiger partial charge on any atom is -0.493 e. The van der Waals surface area contributed by atoms with E-state index in [1.165, 1.54) is 41.3 Å². The van der Waals surface area contributed by atoms with Crippen molar-refractivity contribution < 1.29 is 14.3 Å². The van der Waals surface area contributed by atoms with E-state index in [9.17, 15) is 4.79 Å². The lowest BCUT2D eigenvalue weighted by atomic mass is 10.1. The van der Waals surface area contributed by atoms with Crippen LogP contribution in [0.4, 0.5) is 0 Å². The molecule has 6 heteroatoms. The summed E-state index contributed by atoms with van der Waals surface area (Å²) in [4.78, 5) is 16.4. The largest absolute Gasteiger partial charge is 0.493 e. The van der Waals surface area contributed by atoms with Gasteiger partial charge in [-0.1, -0.05) is 54.2 Å². The van der Waals surface area contributed by atoms with Gasteiger partial charge in [-0.05, 0) is 37.1 Å². The summed E-state index contributed by atoms with van der Waals surface area (Å²) in [6, 6.07) is 18.4. The summed E-state index contributed by atoms with van der Waals surface area (Å²) in [5, 5.41) is 2.01. The first-order chi connectivity index (χ1) is 13.5. The zero-order valence-corrected chi connectivity index (χ0v) is 17.8. The van der Waals surface area contributed by atoms with Crippen LogP contribution in [0.25, 0.3) is 11.1 Å². The zero-order valence-electron chi connectivity index (χ0n) is 16.2. The van der Waals surface area contributed by atoms with E-state index in [1.54, 1.807) is 0 Å². The number of thioether (sulfide) groups is 1. The number of aromatic nitrogens is 1. The van der Waals surface area contributed by atoms with Crippen LogP contribution in [0.5, 0.6) is 5.75 Å². The molecule has 2 aromatic carbocycles. The molecule has 0 saturated carbocycles. The van der Waals surface area contributed by atoms with Gasteiger partial charge in [0.1, 0.15) is 10.5 Å². The highest BCUT2D eigenvalue weighted by molar-refractivity contribution is 8.03. The SMILES string of the molecule is COC(=O)C(C)(C)Sc1nc(CCOc2ccc(-c3ccccc3)cc2)cs1. The monoisotopic (exact) mass is 413 g/mol. The van der Waals surface area contributed by atoms with Crippen molar-refractivity contribution in [2.75, 3.05) is 13.7 Å². The fraction of sp³-hybridized carbons (Fsp3) is 0.273. The Morgan fingerprint density at radius 2 is 1.75 bits per heavy atom. The number of ether oxygens (including phenoxy) is 2. The number of nitrogens with zero attached hydrogens (tertiary/aromatic N) is 1. The topological polar surface area (TPSA) is 48.4 Å². The highest BCUT2D eigenvalue weighted by atomic mass is 32.2. The van der Waals surface area contributed by atoms with Crippen LogP contribution in [0.15, 0.2) is 64.3 Å². The Morgan fingerprint density at radius 3 is 2.43 bits per heavy atom. The number of carbonyl (C=O) groups is 1. The lowest BCUT2D eigenvalue weighted by Gasteiger charge is -2.18. The summed E-state index contributed by atoms with van der Waals surface area (Å²) in [6.45, 7) is 4.23. The Hall–Kier alpha value is -2.31. The average Bonchev–Trinajstić information content (AvgIpc) is 3.15. The van der Waals surface area contributed by atoms with Gasteiger partial charge in [0.15, 0.2) is 4.34 Å². The predicted molar refractivity (Wildman–Crippen MR) is 115 cm³/mol. The number of benzene rings is 2. The summed E-state index contributed by atoms with van der Waals surface area (Å²) in [6.07, 6.45) is 0.718. The highest BCUT2D eigenvalue weighted by Crippen LogP contribution is 2.35. The fourth-order valence-corrected chi connectivity index (χ4v) is 4.91. The molecule has 0 N–H and O–H groups in total. The van der Waals surface area contributed by atoms with Crippen molar-refractivity contribution in [1.82, 2.24) is 4.98 Å². The molecule has 28 heavy (non-hydrogen) atoms. The van der Waals surface area contributed by atoms with E-state index in [1.807, 2.05) is 49.6 Å². The van der Waals surface area contributed by atoms with E-state index in [4.69, 9.17) is 9.47 Å². The van der Waals surface area contributed by atoms with Gasteiger partial charge in [0.05, 0.1) is 19.4 Å². The van der Waals surface area contributed by atoms with Gasteiger partial charge in [-0.2, -0.15) is 0 Å². The van der Waals surface area contributed by atoms with Crippen LogP contribution >= 0.6 is 23.1 Å². The van der Waals surface area contributed by atoms with Crippen molar-refractivity contribution in [3.63, 3.8) is 0 Å². The van der Waals surface area contributed by atoms with Crippen LogP contribution in [-0.2, 0) is 16.0 Å². The first-order valence-electron chi connectivity index (χ1n) is 8.98. The van der Waals surface area contributed by atoms with Crippen molar-refractivity contribution in [2.24, 2.45) is 0 Å².